The molecule has 1 aromatic heterocycles. The van der Waals surface area contributed by atoms with Crippen LogP contribution in [0.15, 0.2) is 54.7 Å². The smallest absolute Gasteiger partial charge is 0.200 e. The van der Waals surface area contributed by atoms with Crippen LogP contribution in [0.3, 0.4) is 0 Å². The summed E-state index contributed by atoms with van der Waals surface area (Å²) in [7, 11) is 2.14. The number of rotatable bonds is 2. The van der Waals surface area contributed by atoms with E-state index >= 15 is 0 Å². The summed E-state index contributed by atoms with van der Waals surface area (Å²) >= 11 is 0. The van der Waals surface area contributed by atoms with Gasteiger partial charge in [0.25, 0.3) is 0 Å². The number of aryl methyl sites for hydroxylation is 4. The molecule has 26 heavy (non-hydrogen) atoms. The molecule has 2 aromatic carbocycles. The van der Waals surface area contributed by atoms with Crippen LogP contribution >= 0.6 is 0 Å². The third-order valence-electron chi connectivity index (χ3n) is 5.21. The second-order valence-electron chi connectivity index (χ2n) is 8.51. The SMILES string of the molecule is Cc1ccc(-c2c[n+](C)c(-c3ccc(C(C)(C)C)cc3C)cc2C)cc1. The molecular weight excluding hydrogens is 314 g/mol. The van der Waals surface area contributed by atoms with Gasteiger partial charge < -0.3 is 0 Å². The lowest BCUT2D eigenvalue weighted by atomic mass is 9.85. The minimum absolute atomic E-state index is 0.177. The number of nitrogens with zero attached hydrogens (tertiary/aromatic N) is 1. The van der Waals surface area contributed by atoms with E-state index in [0.29, 0.717) is 0 Å². The van der Waals surface area contributed by atoms with Gasteiger partial charge in [0.15, 0.2) is 6.20 Å². The summed E-state index contributed by atoms with van der Waals surface area (Å²) in [6.07, 6.45) is 2.26. The van der Waals surface area contributed by atoms with Crippen LogP contribution in [-0.4, -0.2) is 0 Å². The first-order valence-corrected chi connectivity index (χ1v) is 9.35. The number of aromatic nitrogens is 1. The zero-order valence-corrected chi connectivity index (χ0v) is 17.1. The molecule has 3 aromatic rings. The minimum atomic E-state index is 0.177. The zero-order chi connectivity index (χ0) is 19.1. The molecule has 0 atom stereocenters. The molecule has 3 rings (SSSR count). The van der Waals surface area contributed by atoms with E-state index in [9.17, 15) is 0 Å². The van der Waals surface area contributed by atoms with Crippen molar-refractivity contribution in [2.75, 3.05) is 0 Å². The topological polar surface area (TPSA) is 3.88 Å². The monoisotopic (exact) mass is 344 g/mol. The Bertz CT molecular complexity index is 941. The van der Waals surface area contributed by atoms with Gasteiger partial charge >= 0.3 is 0 Å². The largest absolute Gasteiger partial charge is 0.212 e. The van der Waals surface area contributed by atoms with Crippen molar-refractivity contribution >= 4 is 0 Å². The van der Waals surface area contributed by atoms with E-state index in [1.54, 1.807) is 0 Å². The normalized spacial score (nSPS) is 11.7. The van der Waals surface area contributed by atoms with Crippen LogP contribution in [0.25, 0.3) is 22.4 Å². The first-order valence-electron chi connectivity index (χ1n) is 9.35. The molecule has 0 saturated carbocycles. The van der Waals surface area contributed by atoms with Crippen LogP contribution < -0.4 is 4.57 Å². The summed E-state index contributed by atoms with van der Waals surface area (Å²) < 4.78 is 2.25. The molecule has 0 bridgehead atoms. The first-order chi connectivity index (χ1) is 12.2. The Morgan fingerprint density at radius 3 is 1.92 bits per heavy atom. The molecule has 0 saturated heterocycles. The van der Waals surface area contributed by atoms with Gasteiger partial charge in [0.05, 0.1) is 0 Å². The standard InChI is InChI=1S/C25H30N/c1-17-8-10-20(11-9-17)23-16-26(7)24(15-19(23)3)22-13-12-21(14-18(22)2)25(4,5)6/h8-16H,1-7H3/q+1. The van der Waals surface area contributed by atoms with Crippen molar-refractivity contribution < 1.29 is 4.57 Å². The summed E-state index contributed by atoms with van der Waals surface area (Å²) in [6.45, 7) is 13.3. The second-order valence-corrected chi connectivity index (χ2v) is 8.51. The van der Waals surface area contributed by atoms with Gasteiger partial charge in [-0.15, -0.1) is 0 Å². The molecule has 1 heteroatoms. The van der Waals surface area contributed by atoms with Gasteiger partial charge in [-0.1, -0.05) is 62.7 Å². The number of benzene rings is 2. The van der Waals surface area contributed by atoms with Crippen molar-refractivity contribution in [2.45, 2.75) is 47.0 Å². The molecule has 0 unspecified atom stereocenters. The van der Waals surface area contributed by atoms with Crippen LogP contribution in [-0.2, 0) is 12.5 Å². The summed E-state index contributed by atoms with van der Waals surface area (Å²) in [5, 5.41) is 0. The van der Waals surface area contributed by atoms with Gasteiger partial charge in [-0.25, -0.2) is 4.57 Å². The fourth-order valence-corrected chi connectivity index (χ4v) is 3.47. The second kappa shape index (κ2) is 6.72. The Hall–Kier alpha value is -2.41. The van der Waals surface area contributed by atoms with Gasteiger partial charge in [-0.3, -0.25) is 0 Å². The third kappa shape index (κ3) is 3.58. The fourth-order valence-electron chi connectivity index (χ4n) is 3.47. The van der Waals surface area contributed by atoms with Crippen LogP contribution in [0.4, 0.5) is 0 Å². The van der Waals surface area contributed by atoms with Gasteiger partial charge in [0.2, 0.25) is 5.69 Å². The van der Waals surface area contributed by atoms with Crippen LogP contribution in [0, 0.1) is 20.8 Å². The first kappa shape index (κ1) is 18.4. The average molecular weight is 345 g/mol. The predicted octanol–water partition coefficient (Wildman–Crippen LogP) is 6.07. The van der Waals surface area contributed by atoms with Crippen molar-refractivity contribution in [3.63, 3.8) is 0 Å². The molecular formula is C25H30N+. The Kier molecular flexibility index (Phi) is 4.75. The Morgan fingerprint density at radius 2 is 1.35 bits per heavy atom. The lowest BCUT2D eigenvalue weighted by molar-refractivity contribution is -0.660. The molecule has 0 fully saturated rings. The van der Waals surface area contributed by atoms with Gasteiger partial charge in [-0.05, 0) is 54.5 Å². The fraction of sp³-hybridized carbons (Fsp3) is 0.320. The van der Waals surface area contributed by atoms with Crippen molar-refractivity contribution in [2.24, 2.45) is 7.05 Å². The van der Waals surface area contributed by atoms with E-state index < -0.39 is 0 Å². The molecule has 0 aliphatic carbocycles. The summed E-state index contributed by atoms with van der Waals surface area (Å²) in [4.78, 5) is 0. The minimum Gasteiger partial charge on any atom is -0.200 e. The summed E-state index contributed by atoms with van der Waals surface area (Å²) in [6, 6.07) is 18.0. The van der Waals surface area contributed by atoms with E-state index in [4.69, 9.17) is 0 Å². The maximum atomic E-state index is 2.33. The van der Waals surface area contributed by atoms with E-state index in [0.717, 1.165) is 0 Å². The highest BCUT2D eigenvalue weighted by Gasteiger charge is 2.19. The molecule has 1 nitrogen and oxygen atoms in total. The molecule has 0 amide bonds. The van der Waals surface area contributed by atoms with Crippen molar-refractivity contribution in [3.8, 4) is 22.4 Å². The quantitative estimate of drug-likeness (QED) is 0.497. The van der Waals surface area contributed by atoms with Crippen molar-refractivity contribution in [3.05, 3.63) is 77.0 Å². The lowest BCUT2D eigenvalue weighted by Gasteiger charge is -2.20. The van der Waals surface area contributed by atoms with Crippen LogP contribution in [0.2, 0.25) is 0 Å². The zero-order valence-electron chi connectivity index (χ0n) is 17.1. The molecule has 1 heterocycles. The third-order valence-corrected chi connectivity index (χ3v) is 5.21. The van der Waals surface area contributed by atoms with Crippen molar-refractivity contribution in [1.82, 2.24) is 0 Å². The average Bonchev–Trinajstić information content (AvgIpc) is 2.57. The number of pyridine rings is 1. The predicted molar refractivity (Wildman–Crippen MR) is 111 cm³/mol. The Labute approximate surface area is 158 Å². The Morgan fingerprint density at radius 1 is 0.731 bits per heavy atom. The molecule has 0 N–H and O–H groups in total. The van der Waals surface area contributed by atoms with E-state index in [2.05, 4.69) is 108 Å². The number of hydrogen-bond acceptors (Lipinski definition) is 0. The highest BCUT2D eigenvalue weighted by atomic mass is 14.9. The van der Waals surface area contributed by atoms with Gasteiger partial charge in [0.1, 0.15) is 7.05 Å². The molecule has 0 aliphatic rings. The van der Waals surface area contributed by atoms with Gasteiger partial charge in [0, 0.05) is 17.2 Å². The summed E-state index contributed by atoms with van der Waals surface area (Å²) in [5.74, 6) is 0. The molecule has 134 valence electrons. The lowest BCUT2D eigenvalue weighted by Crippen LogP contribution is -2.31. The van der Waals surface area contributed by atoms with E-state index in [1.807, 2.05) is 0 Å². The maximum Gasteiger partial charge on any atom is 0.212 e. The van der Waals surface area contributed by atoms with Crippen molar-refractivity contribution in [1.29, 1.82) is 0 Å². The molecule has 0 radical (unpaired) electrons. The van der Waals surface area contributed by atoms with Crippen LogP contribution in [0.5, 0.6) is 0 Å². The Balaban J connectivity index is 2.07. The van der Waals surface area contributed by atoms with E-state index in [1.165, 1.54) is 44.6 Å². The molecule has 0 spiro atoms. The highest BCUT2D eigenvalue weighted by Crippen LogP contribution is 2.30. The van der Waals surface area contributed by atoms with E-state index in [-0.39, 0.29) is 5.41 Å². The van der Waals surface area contributed by atoms with Crippen LogP contribution in [0.1, 0.15) is 43.0 Å². The highest BCUT2D eigenvalue weighted by molar-refractivity contribution is 5.70. The summed E-state index contributed by atoms with van der Waals surface area (Å²) in [5.41, 5.74) is 10.6. The number of hydrogen-bond donors (Lipinski definition) is 0. The molecule has 0 aliphatic heterocycles. The van der Waals surface area contributed by atoms with Gasteiger partial charge in [-0.2, -0.15) is 0 Å². The maximum absolute atomic E-state index is 2.33.